The molecule has 0 aliphatic carbocycles. The molecule has 9 heteroatoms. The number of aromatic nitrogens is 2. The van der Waals surface area contributed by atoms with Gasteiger partial charge in [0.25, 0.3) is 0 Å². The van der Waals surface area contributed by atoms with Gasteiger partial charge in [-0.05, 0) is 57.4 Å². The summed E-state index contributed by atoms with van der Waals surface area (Å²) in [6.07, 6.45) is 6.40. The van der Waals surface area contributed by atoms with Crippen LogP contribution in [0.5, 0.6) is 0 Å². The van der Waals surface area contributed by atoms with Gasteiger partial charge in [-0.3, -0.25) is 9.79 Å². The molecule has 7 nitrogen and oxygen atoms in total. The molecule has 1 amide bonds. The van der Waals surface area contributed by atoms with Gasteiger partial charge in [-0.25, -0.2) is 9.97 Å². The van der Waals surface area contributed by atoms with E-state index in [2.05, 4.69) is 27.0 Å². The summed E-state index contributed by atoms with van der Waals surface area (Å²) in [5.74, 6) is 1.60. The maximum Gasteiger partial charge on any atom is 0.209 e. The van der Waals surface area contributed by atoms with E-state index in [9.17, 15) is 4.79 Å². The Morgan fingerprint density at radius 3 is 2.62 bits per heavy atom. The number of aliphatic hydroxyl groups excluding tert-OH is 1. The first-order valence-corrected chi connectivity index (χ1v) is 12.2. The lowest BCUT2D eigenvalue weighted by Crippen LogP contribution is -2.29. The molecule has 0 bridgehead atoms. The van der Waals surface area contributed by atoms with Crippen LogP contribution in [-0.2, 0) is 4.79 Å². The summed E-state index contributed by atoms with van der Waals surface area (Å²) >= 11 is 3.27. The SMILES string of the molecule is C=N/C(=C\SCNc1ccc(C)cn1)c1sc(C)nc1C.O=CN1CCC(=CCO)CC1. The van der Waals surface area contributed by atoms with Crippen molar-refractivity contribution < 1.29 is 9.90 Å². The zero-order valence-electron chi connectivity index (χ0n) is 18.9. The van der Waals surface area contributed by atoms with E-state index in [-0.39, 0.29) is 6.61 Å². The Bertz CT molecular complexity index is 928. The first-order valence-electron chi connectivity index (χ1n) is 10.3. The van der Waals surface area contributed by atoms with Gasteiger partial charge >= 0.3 is 0 Å². The summed E-state index contributed by atoms with van der Waals surface area (Å²) in [7, 11) is 0. The van der Waals surface area contributed by atoms with E-state index in [1.807, 2.05) is 50.6 Å². The number of aryl methyl sites for hydroxylation is 3. The minimum Gasteiger partial charge on any atom is -0.392 e. The highest BCUT2D eigenvalue weighted by Crippen LogP contribution is 2.28. The normalized spacial score (nSPS) is 13.8. The number of hydrogen-bond donors (Lipinski definition) is 2. The average molecular weight is 474 g/mol. The van der Waals surface area contributed by atoms with Crippen molar-refractivity contribution in [1.82, 2.24) is 14.9 Å². The number of thiazole rings is 1. The molecule has 0 atom stereocenters. The average Bonchev–Trinajstić information content (AvgIpc) is 3.14. The number of nitrogens with one attached hydrogen (secondary N) is 1. The van der Waals surface area contributed by atoms with Crippen LogP contribution in [0.1, 0.15) is 34.0 Å². The van der Waals surface area contributed by atoms with Gasteiger partial charge in [-0.15, -0.1) is 23.1 Å². The minimum atomic E-state index is 0.121. The van der Waals surface area contributed by atoms with Crippen molar-refractivity contribution in [3.8, 4) is 0 Å². The molecule has 1 aliphatic rings. The van der Waals surface area contributed by atoms with Crippen molar-refractivity contribution in [2.75, 3.05) is 30.9 Å². The van der Waals surface area contributed by atoms with E-state index in [1.165, 1.54) is 5.57 Å². The van der Waals surface area contributed by atoms with Crippen LogP contribution in [0.2, 0.25) is 0 Å². The van der Waals surface area contributed by atoms with Gasteiger partial charge < -0.3 is 15.3 Å². The Morgan fingerprint density at radius 2 is 2.09 bits per heavy atom. The number of nitrogens with zero attached hydrogens (tertiary/aromatic N) is 4. The quantitative estimate of drug-likeness (QED) is 0.194. The summed E-state index contributed by atoms with van der Waals surface area (Å²) in [5.41, 5.74) is 4.31. The van der Waals surface area contributed by atoms with Gasteiger partial charge in [-0.1, -0.05) is 17.7 Å². The Balaban J connectivity index is 0.000000278. The van der Waals surface area contributed by atoms with Crippen molar-refractivity contribution in [1.29, 1.82) is 0 Å². The van der Waals surface area contributed by atoms with Crippen molar-refractivity contribution in [2.45, 2.75) is 33.6 Å². The van der Waals surface area contributed by atoms with E-state index in [0.717, 1.165) is 70.9 Å². The lowest BCUT2D eigenvalue weighted by Gasteiger charge is -2.24. The second-order valence-corrected chi connectivity index (χ2v) is 9.26. The van der Waals surface area contributed by atoms with Crippen LogP contribution in [0.4, 0.5) is 5.82 Å². The van der Waals surface area contributed by atoms with Crippen LogP contribution < -0.4 is 5.32 Å². The largest absolute Gasteiger partial charge is 0.392 e. The molecular weight excluding hydrogens is 442 g/mol. The van der Waals surface area contributed by atoms with E-state index < -0.39 is 0 Å². The highest BCUT2D eigenvalue weighted by atomic mass is 32.2. The standard InChI is InChI=1S/C15H18N4S2.C8H13NO2/c1-10-5-6-14(17-7-10)18-9-20-8-13(16-4)15-11(2)19-12(3)21-15;10-6-3-8-1-4-9(7-11)5-2-8/h5-8H,4,9H2,1-3H3,(H,17,18);3,7,10H,1-2,4-6H2/b13-8-;. The van der Waals surface area contributed by atoms with Gasteiger partial charge in [0.15, 0.2) is 0 Å². The topological polar surface area (TPSA) is 90.7 Å². The summed E-state index contributed by atoms with van der Waals surface area (Å²) in [4.78, 5) is 26.0. The molecule has 1 fully saturated rings. The van der Waals surface area contributed by atoms with Crippen molar-refractivity contribution in [3.05, 3.63) is 56.5 Å². The van der Waals surface area contributed by atoms with E-state index in [4.69, 9.17) is 5.11 Å². The Kier molecular flexibility index (Phi) is 11.1. The second-order valence-electron chi connectivity index (χ2n) is 7.20. The molecule has 1 saturated heterocycles. The molecule has 0 radical (unpaired) electrons. The van der Waals surface area contributed by atoms with Crippen LogP contribution in [0.3, 0.4) is 0 Å². The van der Waals surface area contributed by atoms with Gasteiger partial charge in [0, 0.05) is 19.3 Å². The number of anilines is 1. The van der Waals surface area contributed by atoms with Gasteiger partial charge in [-0.2, -0.15) is 0 Å². The lowest BCUT2D eigenvalue weighted by molar-refractivity contribution is -0.118. The number of aliphatic imine (C=N–C) groups is 1. The molecule has 1 aliphatic heterocycles. The predicted molar refractivity (Wildman–Crippen MR) is 136 cm³/mol. The molecule has 0 spiro atoms. The highest BCUT2D eigenvalue weighted by Gasteiger charge is 2.10. The molecular formula is C23H31N5O2S2. The number of thioether (sulfide) groups is 1. The summed E-state index contributed by atoms with van der Waals surface area (Å²) in [6.45, 7) is 11.4. The molecule has 3 heterocycles. The van der Waals surface area contributed by atoms with Gasteiger partial charge in [0.05, 0.1) is 33.8 Å². The minimum absolute atomic E-state index is 0.121. The zero-order valence-corrected chi connectivity index (χ0v) is 20.5. The van der Waals surface area contributed by atoms with E-state index >= 15 is 0 Å². The van der Waals surface area contributed by atoms with Crippen LogP contribution in [0.15, 0.2) is 40.4 Å². The number of likely N-dealkylation sites (tertiary alicyclic amines) is 1. The smallest absolute Gasteiger partial charge is 0.209 e. The van der Waals surface area contributed by atoms with Crippen molar-refractivity contribution >= 4 is 47.7 Å². The fourth-order valence-electron chi connectivity index (χ4n) is 2.99. The van der Waals surface area contributed by atoms with Crippen molar-refractivity contribution in [2.24, 2.45) is 4.99 Å². The molecule has 172 valence electrons. The maximum absolute atomic E-state index is 10.3. The van der Waals surface area contributed by atoms with Crippen molar-refractivity contribution in [3.63, 3.8) is 0 Å². The summed E-state index contributed by atoms with van der Waals surface area (Å²) in [5, 5.41) is 14.9. The number of carbonyl (C=O) groups is 1. The third-order valence-corrected chi connectivity index (χ3v) is 6.52. The number of rotatable bonds is 8. The molecule has 3 rings (SSSR count). The molecule has 2 aromatic heterocycles. The molecule has 0 unspecified atom stereocenters. The third-order valence-electron chi connectivity index (χ3n) is 4.72. The Hall–Kier alpha value is -2.49. The van der Waals surface area contributed by atoms with Crippen LogP contribution in [0.25, 0.3) is 5.70 Å². The number of carbonyl (C=O) groups excluding carboxylic acids is 1. The first kappa shape index (κ1) is 25.8. The zero-order chi connectivity index (χ0) is 23.3. The van der Waals surface area contributed by atoms with E-state index in [1.54, 1.807) is 28.0 Å². The van der Waals surface area contributed by atoms with Gasteiger partial charge in [0.1, 0.15) is 5.82 Å². The van der Waals surface area contributed by atoms with Gasteiger partial charge in [0.2, 0.25) is 6.41 Å². The molecule has 0 saturated carbocycles. The predicted octanol–water partition coefficient (Wildman–Crippen LogP) is 4.42. The maximum atomic E-state index is 10.3. The van der Waals surface area contributed by atoms with Crippen LogP contribution in [-0.4, -0.2) is 58.7 Å². The number of amides is 1. The number of hydrogen-bond acceptors (Lipinski definition) is 8. The fraction of sp³-hybridized carbons (Fsp3) is 0.391. The highest BCUT2D eigenvalue weighted by molar-refractivity contribution is 8.02. The lowest BCUT2D eigenvalue weighted by atomic mass is 10.0. The number of pyridine rings is 1. The Labute approximate surface area is 198 Å². The summed E-state index contributed by atoms with van der Waals surface area (Å²) in [6, 6.07) is 4.01. The molecule has 2 aromatic rings. The monoisotopic (exact) mass is 473 g/mol. The third kappa shape index (κ3) is 8.57. The first-order chi connectivity index (χ1) is 15.5. The Morgan fingerprint density at radius 1 is 1.34 bits per heavy atom. The molecule has 32 heavy (non-hydrogen) atoms. The van der Waals surface area contributed by atoms with E-state index in [0.29, 0.717) is 0 Å². The number of piperidine rings is 1. The summed E-state index contributed by atoms with van der Waals surface area (Å²) < 4.78 is 0. The fourth-order valence-corrected chi connectivity index (χ4v) is 4.63. The molecule has 2 N–H and O–H groups in total. The molecule has 0 aromatic carbocycles. The van der Waals surface area contributed by atoms with Crippen LogP contribution in [0, 0.1) is 20.8 Å². The number of aliphatic hydroxyl groups is 1. The van der Waals surface area contributed by atoms with Crippen LogP contribution >= 0.6 is 23.1 Å². The second kappa shape index (κ2) is 13.8.